The van der Waals surface area contributed by atoms with Gasteiger partial charge in [0, 0.05) is 16.3 Å². The Morgan fingerprint density at radius 2 is 2.00 bits per heavy atom. The molecule has 3 rings (SSSR count). The van der Waals surface area contributed by atoms with Gasteiger partial charge in [0.2, 0.25) is 11.7 Å². The van der Waals surface area contributed by atoms with Crippen LogP contribution in [-0.2, 0) is 6.54 Å². The van der Waals surface area contributed by atoms with Gasteiger partial charge in [-0.3, -0.25) is 0 Å². The fraction of sp³-hybridized carbons (Fsp3) is 0.133. The van der Waals surface area contributed by atoms with E-state index in [4.69, 9.17) is 16.1 Å². The lowest BCUT2D eigenvalue weighted by atomic mass is 10.2. The van der Waals surface area contributed by atoms with Crippen molar-refractivity contribution in [1.82, 2.24) is 15.1 Å². The van der Waals surface area contributed by atoms with E-state index in [-0.39, 0.29) is 0 Å². The van der Waals surface area contributed by atoms with Crippen LogP contribution in [0, 0.1) is 6.92 Å². The van der Waals surface area contributed by atoms with Crippen molar-refractivity contribution in [3.05, 3.63) is 59.1 Å². The van der Waals surface area contributed by atoms with Gasteiger partial charge in [0.25, 0.3) is 0 Å². The summed E-state index contributed by atoms with van der Waals surface area (Å²) in [7, 11) is 0. The fourth-order valence-electron chi connectivity index (χ4n) is 1.88. The first-order chi connectivity index (χ1) is 10.2. The van der Waals surface area contributed by atoms with Crippen LogP contribution in [0.3, 0.4) is 0 Å². The zero-order chi connectivity index (χ0) is 14.7. The van der Waals surface area contributed by atoms with E-state index in [1.807, 2.05) is 37.3 Å². The van der Waals surface area contributed by atoms with Gasteiger partial charge < -0.3 is 9.84 Å². The first-order valence-corrected chi connectivity index (χ1v) is 6.84. The number of rotatable bonds is 4. The van der Waals surface area contributed by atoms with Gasteiger partial charge in [-0.2, -0.15) is 4.98 Å². The van der Waals surface area contributed by atoms with Crippen molar-refractivity contribution in [3.8, 4) is 11.4 Å². The summed E-state index contributed by atoms with van der Waals surface area (Å²) in [5.74, 6) is 1.79. The zero-order valence-corrected chi connectivity index (χ0v) is 12.1. The molecule has 6 heteroatoms. The Morgan fingerprint density at radius 1 is 1.14 bits per heavy atom. The largest absolute Gasteiger partial charge is 0.361 e. The predicted octanol–water partition coefficient (Wildman–Crippen LogP) is 3.71. The van der Waals surface area contributed by atoms with Crippen LogP contribution in [0.25, 0.3) is 11.4 Å². The normalized spacial score (nSPS) is 10.6. The number of aryl methyl sites for hydroxylation is 1. The van der Waals surface area contributed by atoms with Crippen LogP contribution in [0.15, 0.2) is 47.0 Å². The molecule has 21 heavy (non-hydrogen) atoms. The van der Waals surface area contributed by atoms with E-state index in [2.05, 4.69) is 20.4 Å². The summed E-state index contributed by atoms with van der Waals surface area (Å²) >= 11 is 5.95. The first kappa shape index (κ1) is 13.6. The van der Waals surface area contributed by atoms with E-state index in [0.717, 1.165) is 17.1 Å². The van der Waals surface area contributed by atoms with Crippen molar-refractivity contribution in [3.63, 3.8) is 0 Å². The molecule has 0 aliphatic rings. The minimum absolute atomic E-state index is 0.421. The molecule has 0 fully saturated rings. The molecule has 1 N–H and O–H groups in total. The van der Waals surface area contributed by atoms with Crippen LogP contribution in [0.2, 0.25) is 5.02 Å². The molecule has 0 aliphatic carbocycles. The molecule has 0 unspecified atom stereocenters. The Labute approximate surface area is 127 Å². The molecule has 0 radical (unpaired) electrons. The second-order valence-corrected chi connectivity index (χ2v) is 4.98. The van der Waals surface area contributed by atoms with E-state index in [1.54, 1.807) is 12.1 Å². The van der Waals surface area contributed by atoms with Crippen LogP contribution >= 0.6 is 11.6 Å². The summed E-state index contributed by atoms with van der Waals surface area (Å²) in [6.45, 7) is 2.36. The molecule has 1 aromatic carbocycles. The maximum Gasteiger partial charge on any atom is 0.246 e. The molecule has 2 aromatic heterocycles. The fourth-order valence-corrected chi connectivity index (χ4v) is 2.07. The molecular formula is C15H13ClN4O. The van der Waals surface area contributed by atoms with Gasteiger partial charge in [0.15, 0.2) is 0 Å². The molecule has 0 spiro atoms. The third kappa shape index (κ3) is 3.38. The summed E-state index contributed by atoms with van der Waals surface area (Å²) < 4.78 is 5.22. The van der Waals surface area contributed by atoms with Gasteiger partial charge in [-0.1, -0.05) is 35.0 Å². The smallest absolute Gasteiger partial charge is 0.246 e. The number of pyridine rings is 1. The molecule has 2 heterocycles. The van der Waals surface area contributed by atoms with Crippen molar-refractivity contribution in [2.24, 2.45) is 0 Å². The quantitative estimate of drug-likeness (QED) is 0.796. The minimum Gasteiger partial charge on any atom is -0.361 e. The number of hydrogen-bond acceptors (Lipinski definition) is 5. The van der Waals surface area contributed by atoms with Crippen LogP contribution in [0.5, 0.6) is 0 Å². The van der Waals surface area contributed by atoms with E-state index >= 15 is 0 Å². The lowest BCUT2D eigenvalue weighted by Gasteiger charge is -2.02. The van der Waals surface area contributed by atoms with Crippen molar-refractivity contribution in [1.29, 1.82) is 0 Å². The first-order valence-electron chi connectivity index (χ1n) is 6.47. The van der Waals surface area contributed by atoms with Crippen LogP contribution in [-0.4, -0.2) is 15.1 Å². The van der Waals surface area contributed by atoms with Gasteiger partial charge in [0.05, 0.1) is 6.54 Å². The van der Waals surface area contributed by atoms with Crippen molar-refractivity contribution >= 4 is 17.4 Å². The number of nitrogens with zero attached hydrogens (tertiary/aromatic N) is 3. The maximum absolute atomic E-state index is 5.95. The van der Waals surface area contributed by atoms with E-state index in [9.17, 15) is 0 Å². The van der Waals surface area contributed by atoms with E-state index in [0.29, 0.717) is 23.3 Å². The lowest BCUT2D eigenvalue weighted by Crippen LogP contribution is -2.02. The summed E-state index contributed by atoms with van der Waals surface area (Å²) in [5.41, 5.74) is 1.77. The van der Waals surface area contributed by atoms with Crippen LogP contribution < -0.4 is 5.32 Å². The average Bonchev–Trinajstić information content (AvgIpc) is 2.94. The predicted molar refractivity (Wildman–Crippen MR) is 81.0 cm³/mol. The molecular weight excluding hydrogens is 288 g/mol. The van der Waals surface area contributed by atoms with Gasteiger partial charge >= 0.3 is 0 Å². The number of nitrogens with one attached hydrogen (secondary N) is 1. The highest BCUT2D eigenvalue weighted by atomic mass is 35.5. The molecule has 0 saturated heterocycles. The summed E-state index contributed by atoms with van der Waals surface area (Å²) in [5, 5.41) is 7.74. The van der Waals surface area contributed by atoms with Crippen LogP contribution in [0.1, 0.15) is 11.6 Å². The Balaban J connectivity index is 1.71. The standard InChI is InChI=1S/C15H13ClN4O/c1-10-4-2-7-13(18-10)17-9-14-19-15(20-21-14)11-5-3-6-12(16)8-11/h2-8H,9H2,1H3,(H,17,18). The second-order valence-electron chi connectivity index (χ2n) is 4.54. The molecule has 0 saturated carbocycles. The van der Waals surface area contributed by atoms with Gasteiger partial charge in [-0.25, -0.2) is 4.98 Å². The highest BCUT2D eigenvalue weighted by Crippen LogP contribution is 2.20. The number of hydrogen-bond donors (Lipinski definition) is 1. The van der Waals surface area contributed by atoms with E-state index in [1.165, 1.54) is 0 Å². The van der Waals surface area contributed by atoms with Crippen LogP contribution in [0.4, 0.5) is 5.82 Å². The summed E-state index contributed by atoms with van der Waals surface area (Å²) in [6.07, 6.45) is 0. The number of benzene rings is 1. The molecule has 0 bridgehead atoms. The molecule has 106 valence electrons. The number of anilines is 1. The molecule has 5 nitrogen and oxygen atoms in total. The highest BCUT2D eigenvalue weighted by Gasteiger charge is 2.09. The number of aromatic nitrogens is 3. The molecule has 3 aromatic rings. The molecule has 0 amide bonds. The van der Waals surface area contributed by atoms with Gasteiger partial charge in [-0.05, 0) is 31.2 Å². The van der Waals surface area contributed by atoms with Crippen molar-refractivity contribution < 1.29 is 4.52 Å². The SMILES string of the molecule is Cc1cccc(NCc2nc(-c3cccc(Cl)c3)no2)n1. The van der Waals surface area contributed by atoms with Crippen molar-refractivity contribution in [2.45, 2.75) is 13.5 Å². The third-order valence-electron chi connectivity index (χ3n) is 2.86. The van der Waals surface area contributed by atoms with E-state index < -0.39 is 0 Å². The van der Waals surface area contributed by atoms with Gasteiger partial charge in [0.1, 0.15) is 5.82 Å². The monoisotopic (exact) mass is 300 g/mol. The van der Waals surface area contributed by atoms with Gasteiger partial charge in [-0.15, -0.1) is 0 Å². The Hall–Kier alpha value is -2.40. The van der Waals surface area contributed by atoms with Crippen molar-refractivity contribution in [2.75, 3.05) is 5.32 Å². The number of halogens is 1. The Morgan fingerprint density at radius 3 is 2.81 bits per heavy atom. The molecule has 0 atom stereocenters. The maximum atomic E-state index is 5.95. The topological polar surface area (TPSA) is 63.8 Å². The third-order valence-corrected chi connectivity index (χ3v) is 3.10. The lowest BCUT2D eigenvalue weighted by molar-refractivity contribution is 0.384. The average molecular weight is 301 g/mol. The minimum atomic E-state index is 0.421. The summed E-state index contributed by atoms with van der Waals surface area (Å²) in [4.78, 5) is 8.68. The molecule has 0 aliphatic heterocycles. The Kier molecular flexibility index (Phi) is 3.83. The zero-order valence-electron chi connectivity index (χ0n) is 11.4. The second kappa shape index (κ2) is 5.93. The highest BCUT2D eigenvalue weighted by molar-refractivity contribution is 6.30. The Bertz CT molecular complexity index is 757. The summed E-state index contributed by atoms with van der Waals surface area (Å²) in [6, 6.07) is 13.1.